The lowest BCUT2D eigenvalue weighted by Crippen LogP contribution is -2.36. The van der Waals surface area contributed by atoms with Crippen LogP contribution in [0.15, 0.2) is 53.5 Å². The van der Waals surface area contributed by atoms with E-state index in [9.17, 15) is 0 Å². The fourth-order valence-electron chi connectivity index (χ4n) is 3.28. The first kappa shape index (κ1) is 23.6. The molecule has 0 amide bonds. The van der Waals surface area contributed by atoms with Crippen LogP contribution in [-0.4, -0.2) is 32.3 Å². The highest BCUT2D eigenvalue weighted by molar-refractivity contribution is 14.0. The Labute approximate surface area is 191 Å². The fraction of sp³-hybridized carbons (Fsp3) is 0.435. The molecule has 1 fully saturated rings. The first-order valence-corrected chi connectivity index (χ1v) is 10.0. The normalized spacial score (nSPS) is 14.9. The maximum atomic E-state index is 6.03. The minimum absolute atomic E-state index is 0. The molecular weight excluding hydrogens is 477 g/mol. The Balaban J connectivity index is 0.00000300. The molecule has 158 valence electrons. The van der Waals surface area contributed by atoms with E-state index in [1.807, 2.05) is 0 Å². The van der Waals surface area contributed by atoms with Crippen LogP contribution in [0.5, 0.6) is 0 Å². The van der Waals surface area contributed by atoms with Crippen LogP contribution in [0.3, 0.4) is 0 Å². The molecule has 1 saturated heterocycles. The van der Waals surface area contributed by atoms with Gasteiger partial charge in [-0.25, -0.2) is 0 Å². The van der Waals surface area contributed by atoms with E-state index in [1.165, 1.54) is 22.3 Å². The minimum Gasteiger partial charge on any atom is -0.381 e. The average Bonchev–Trinajstić information content (AvgIpc) is 2.74. The molecule has 2 N–H and O–H groups in total. The van der Waals surface area contributed by atoms with E-state index in [-0.39, 0.29) is 24.0 Å². The van der Waals surface area contributed by atoms with Crippen molar-refractivity contribution in [2.24, 2.45) is 4.99 Å². The van der Waals surface area contributed by atoms with Gasteiger partial charge in [-0.15, -0.1) is 24.0 Å². The van der Waals surface area contributed by atoms with Crippen molar-refractivity contribution in [1.82, 2.24) is 10.6 Å². The number of hydrogen-bond donors (Lipinski definition) is 2. The minimum atomic E-state index is 0. The van der Waals surface area contributed by atoms with Crippen molar-refractivity contribution < 1.29 is 9.47 Å². The zero-order chi connectivity index (χ0) is 19.6. The molecule has 5 nitrogen and oxygen atoms in total. The number of aryl methyl sites for hydroxylation is 1. The van der Waals surface area contributed by atoms with Crippen molar-refractivity contribution >= 4 is 29.9 Å². The predicted octanol–water partition coefficient (Wildman–Crippen LogP) is 4.17. The van der Waals surface area contributed by atoms with Gasteiger partial charge >= 0.3 is 0 Å². The van der Waals surface area contributed by atoms with Crippen LogP contribution >= 0.6 is 24.0 Å². The Bertz CT molecular complexity index is 776. The first-order valence-electron chi connectivity index (χ1n) is 10.0. The summed E-state index contributed by atoms with van der Waals surface area (Å²) in [6.07, 6.45) is 2.30. The molecule has 0 aliphatic carbocycles. The van der Waals surface area contributed by atoms with Crippen molar-refractivity contribution in [2.75, 3.05) is 20.3 Å². The third kappa shape index (κ3) is 7.95. The molecular formula is C23H32IN3O2. The summed E-state index contributed by atoms with van der Waals surface area (Å²) in [5.74, 6) is 0.798. The van der Waals surface area contributed by atoms with Gasteiger partial charge < -0.3 is 20.1 Å². The van der Waals surface area contributed by atoms with Gasteiger partial charge in [-0.3, -0.25) is 4.99 Å². The fourth-order valence-corrected chi connectivity index (χ4v) is 3.28. The molecule has 1 heterocycles. The highest BCUT2D eigenvalue weighted by atomic mass is 127. The molecule has 2 aromatic carbocycles. The number of halogens is 1. The van der Waals surface area contributed by atoms with Gasteiger partial charge in [0.2, 0.25) is 0 Å². The zero-order valence-corrected chi connectivity index (χ0v) is 19.6. The Morgan fingerprint density at radius 2 is 1.76 bits per heavy atom. The van der Waals surface area contributed by atoms with Crippen LogP contribution in [0, 0.1) is 6.92 Å². The number of rotatable bonds is 7. The van der Waals surface area contributed by atoms with E-state index in [0.717, 1.165) is 45.1 Å². The highest BCUT2D eigenvalue weighted by Crippen LogP contribution is 2.14. The molecule has 0 radical (unpaired) electrons. The quantitative estimate of drug-likeness (QED) is 0.334. The van der Waals surface area contributed by atoms with Crippen LogP contribution in [-0.2, 0) is 29.2 Å². The topological polar surface area (TPSA) is 54.9 Å². The van der Waals surface area contributed by atoms with E-state index in [4.69, 9.17) is 9.47 Å². The molecule has 3 rings (SSSR count). The standard InChI is InChI=1S/C23H31N3O2.HI/c1-18-6-3-4-9-21(18)16-26-23(24-2)25-15-19-7-5-8-20(14-19)17-28-22-10-12-27-13-11-22;/h3-9,14,22H,10-13,15-17H2,1-2H3,(H2,24,25,26);1H. The summed E-state index contributed by atoms with van der Waals surface area (Å²) in [7, 11) is 1.80. The second-order valence-corrected chi connectivity index (χ2v) is 7.15. The summed E-state index contributed by atoms with van der Waals surface area (Å²) in [6.45, 7) is 5.87. The van der Waals surface area contributed by atoms with Crippen LogP contribution in [0.1, 0.15) is 35.1 Å². The summed E-state index contributed by atoms with van der Waals surface area (Å²) in [6, 6.07) is 16.9. The smallest absolute Gasteiger partial charge is 0.191 e. The van der Waals surface area contributed by atoms with Gasteiger partial charge in [-0.05, 0) is 42.0 Å². The van der Waals surface area contributed by atoms with Crippen molar-refractivity contribution in [3.8, 4) is 0 Å². The molecule has 0 atom stereocenters. The highest BCUT2D eigenvalue weighted by Gasteiger charge is 2.14. The van der Waals surface area contributed by atoms with Gasteiger partial charge in [-0.1, -0.05) is 48.5 Å². The number of ether oxygens (including phenoxy) is 2. The second-order valence-electron chi connectivity index (χ2n) is 7.15. The second kappa shape index (κ2) is 12.8. The summed E-state index contributed by atoms with van der Waals surface area (Å²) in [5, 5.41) is 6.77. The molecule has 2 aromatic rings. The molecule has 6 heteroatoms. The van der Waals surface area contributed by atoms with Crippen molar-refractivity contribution in [3.05, 3.63) is 70.8 Å². The number of benzene rings is 2. The molecule has 0 bridgehead atoms. The monoisotopic (exact) mass is 509 g/mol. The molecule has 1 aliphatic rings. The van der Waals surface area contributed by atoms with Crippen LogP contribution in [0.4, 0.5) is 0 Å². The average molecular weight is 509 g/mol. The van der Waals surface area contributed by atoms with E-state index in [1.54, 1.807) is 7.05 Å². The maximum Gasteiger partial charge on any atom is 0.191 e. The molecule has 0 spiro atoms. The third-order valence-electron chi connectivity index (χ3n) is 5.04. The number of hydrogen-bond acceptors (Lipinski definition) is 3. The van der Waals surface area contributed by atoms with Gasteiger partial charge in [0.15, 0.2) is 5.96 Å². The maximum absolute atomic E-state index is 6.03. The largest absolute Gasteiger partial charge is 0.381 e. The summed E-state index contributed by atoms with van der Waals surface area (Å²) in [4.78, 5) is 4.33. The van der Waals surface area contributed by atoms with Gasteiger partial charge in [0.1, 0.15) is 0 Å². The Kier molecular flexibility index (Phi) is 10.5. The first-order chi connectivity index (χ1) is 13.7. The van der Waals surface area contributed by atoms with Crippen molar-refractivity contribution in [3.63, 3.8) is 0 Å². The zero-order valence-electron chi connectivity index (χ0n) is 17.3. The van der Waals surface area contributed by atoms with Crippen LogP contribution in [0.25, 0.3) is 0 Å². The molecule has 29 heavy (non-hydrogen) atoms. The van der Waals surface area contributed by atoms with Crippen molar-refractivity contribution in [2.45, 2.75) is 45.6 Å². The van der Waals surface area contributed by atoms with E-state index in [2.05, 4.69) is 71.1 Å². The number of nitrogens with zero attached hydrogens (tertiary/aromatic N) is 1. The molecule has 0 saturated carbocycles. The summed E-state index contributed by atoms with van der Waals surface area (Å²) >= 11 is 0. The molecule has 0 aromatic heterocycles. The lowest BCUT2D eigenvalue weighted by molar-refractivity contribution is -0.0390. The summed E-state index contributed by atoms with van der Waals surface area (Å²) < 4.78 is 11.4. The summed E-state index contributed by atoms with van der Waals surface area (Å²) in [5.41, 5.74) is 4.97. The molecule has 1 aliphatic heterocycles. The SMILES string of the molecule is CN=C(NCc1cccc(COC2CCOCC2)c1)NCc1ccccc1C.I. The third-order valence-corrected chi connectivity index (χ3v) is 5.04. The van der Waals surface area contributed by atoms with Crippen molar-refractivity contribution in [1.29, 1.82) is 0 Å². The van der Waals surface area contributed by atoms with Gasteiger partial charge in [0.05, 0.1) is 12.7 Å². The number of aliphatic imine (C=N–C) groups is 1. The van der Waals surface area contributed by atoms with E-state index in [0.29, 0.717) is 12.7 Å². The number of nitrogens with one attached hydrogen (secondary N) is 2. The van der Waals surface area contributed by atoms with Gasteiger partial charge in [-0.2, -0.15) is 0 Å². The Hall–Kier alpha value is -1.64. The predicted molar refractivity (Wildman–Crippen MR) is 129 cm³/mol. The Morgan fingerprint density at radius 1 is 1.03 bits per heavy atom. The lowest BCUT2D eigenvalue weighted by atomic mass is 10.1. The lowest BCUT2D eigenvalue weighted by Gasteiger charge is -2.22. The number of guanidine groups is 1. The Morgan fingerprint density at radius 3 is 2.52 bits per heavy atom. The van der Waals surface area contributed by atoms with Crippen LogP contribution < -0.4 is 10.6 Å². The molecule has 0 unspecified atom stereocenters. The van der Waals surface area contributed by atoms with E-state index >= 15 is 0 Å². The van der Waals surface area contributed by atoms with E-state index < -0.39 is 0 Å². The van der Waals surface area contributed by atoms with Gasteiger partial charge in [0.25, 0.3) is 0 Å². The van der Waals surface area contributed by atoms with Gasteiger partial charge in [0, 0.05) is 33.4 Å². The van der Waals surface area contributed by atoms with Crippen LogP contribution in [0.2, 0.25) is 0 Å².